The van der Waals surface area contributed by atoms with Crippen LogP contribution in [0.15, 0.2) is 24.3 Å². The average molecular weight is 457 g/mol. The number of benzene rings is 1. The number of halogens is 2. The zero-order valence-electron chi connectivity index (χ0n) is 20.8. The highest BCUT2D eigenvalue weighted by Gasteiger charge is 2.42. The lowest BCUT2D eigenvalue weighted by atomic mass is 10.00. The normalized spacial score (nSPS) is 29.6. The molecular formula is C26H32F2N4O. The molecule has 1 N–H and O–H groups in total. The average Bonchev–Trinajstić information content (AvgIpc) is 3.52. The highest BCUT2D eigenvalue weighted by atomic mass is 19.1. The lowest BCUT2D eigenvalue weighted by molar-refractivity contribution is 0.0545. The maximum atomic E-state index is 14.3. The molecule has 0 radical (unpaired) electrons. The van der Waals surface area contributed by atoms with Crippen molar-refractivity contribution in [1.29, 1.82) is 0 Å². The van der Waals surface area contributed by atoms with Gasteiger partial charge >= 0.3 is 0 Å². The monoisotopic (exact) mass is 456 g/mol. The number of hydrogen-bond donors (Lipinski definition) is 1. The number of hydrogen-bond acceptors (Lipinski definition) is 5. The third-order valence-corrected chi connectivity index (χ3v) is 7.72. The minimum atomic E-state index is -1.27. The number of ether oxygens (including phenoxy) is 1. The van der Waals surface area contributed by atoms with Gasteiger partial charge < -0.3 is 15.0 Å². The molecule has 2 aromatic rings. The van der Waals surface area contributed by atoms with E-state index in [2.05, 4.69) is 20.4 Å². The molecule has 4 fully saturated rings. The van der Waals surface area contributed by atoms with Crippen LogP contribution in [0.3, 0.4) is 0 Å². The third kappa shape index (κ3) is 4.62. The van der Waals surface area contributed by atoms with Crippen molar-refractivity contribution >= 4 is 5.82 Å². The van der Waals surface area contributed by atoms with Gasteiger partial charge in [0.15, 0.2) is 5.82 Å². The van der Waals surface area contributed by atoms with Crippen LogP contribution >= 0.6 is 0 Å². The Morgan fingerprint density at radius 1 is 1.03 bits per heavy atom. The van der Waals surface area contributed by atoms with Crippen molar-refractivity contribution < 1.29 is 16.3 Å². The number of nitrogens with one attached hydrogen (secondary N) is 1. The van der Waals surface area contributed by atoms with Crippen LogP contribution in [0.4, 0.5) is 14.6 Å². The molecule has 3 heterocycles. The van der Waals surface area contributed by atoms with E-state index in [1.165, 1.54) is 6.07 Å². The Labute approximate surface area is 196 Å². The molecular weight excluding hydrogens is 422 g/mol. The van der Waals surface area contributed by atoms with Gasteiger partial charge in [0.1, 0.15) is 11.6 Å². The van der Waals surface area contributed by atoms with Gasteiger partial charge in [0.2, 0.25) is 0 Å². The molecule has 6 rings (SSSR count). The zero-order chi connectivity index (χ0) is 24.2. The summed E-state index contributed by atoms with van der Waals surface area (Å²) in [7, 11) is 0. The molecule has 7 heteroatoms. The number of likely N-dealkylation sites (tertiary alicyclic amines) is 1. The van der Waals surface area contributed by atoms with E-state index in [0.29, 0.717) is 36.7 Å². The van der Waals surface area contributed by atoms with Crippen LogP contribution in [0.2, 0.25) is 0 Å². The second kappa shape index (κ2) is 8.91. The Kier molecular flexibility index (Phi) is 5.19. The van der Waals surface area contributed by atoms with Crippen molar-refractivity contribution in [1.82, 2.24) is 15.1 Å². The topological polar surface area (TPSA) is 50.3 Å². The van der Waals surface area contributed by atoms with Gasteiger partial charge in [-0.1, -0.05) is 0 Å². The molecule has 33 heavy (non-hydrogen) atoms. The molecule has 5 nitrogen and oxygen atoms in total. The molecule has 2 aliphatic heterocycles. The van der Waals surface area contributed by atoms with Crippen LogP contribution in [0.1, 0.15) is 52.7 Å². The fourth-order valence-corrected chi connectivity index (χ4v) is 5.85. The van der Waals surface area contributed by atoms with E-state index in [1.807, 2.05) is 6.07 Å². The molecule has 1 aromatic carbocycles. The van der Waals surface area contributed by atoms with Gasteiger partial charge in [0.25, 0.3) is 0 Å². The summed E-state index contributed by atoms with van der Waals surface area (Å²) < 4.78 is 51.0. The van der Waals surface area contributed by atoms with Crippen molar-refractivity contribution in [3.63, 3.8) is 0 Å². The summed E-state index contributed by atoms with van der Waals surface area (Å²) in [5.41, 5.74) is 1.54. The quantitative estimate of drug-likeness (QED) is 0.674. The maximum absolute atomic E-state index is 14.3. The summed E-state index contributed by atoms with van der Waals surface area (Å²) in [6.07, 6.45) is 5.69. The van der Waals surface area contributed by atoms with Crippen LogP contribution in [-0.4, -0.2) is 53.9 Å². The molecule has 4 aliphatic rings. The third-order valence-electron chi connectivity index (χ3n) is 7.72. The molecule has 1 aromatic heterocycles. The second-order valence-electron chi connectivity index (χ2n) is 10.2. The molecule has 2 saturated carbocycles. The first kappa shape index (κ1) is 19.2. The first-order valence-corrected chi connectivity index (χ1v) is 12.3. The fraction of sp³-hybridized carbons (Fsp3) is 0.615. The minimum absolute atomic E-state index is 0.0433. The molecule has 0 bridgehead atoms. The molecule has 176 valence electrons. The first-order chi connectivity index (χ1) is 16.9. The summed E-state index contributed by atoms with van der Waals surface area (Å²) in [6.45, 7) is 1.64. The van der Waals surface area contributed by atoms with Crippen molar-refractivity contribution in [3.05, 3.63) is 41.5 Å². The van der Waals surface area contributed by atoms with E-state index in [-0.39, 0.29) is 17.5 Å². The standard InChI is InChI=1S/C26H32F2N4O/c27-20-3-4-24(28)23(11-20)25-12-22(17-1-2-17)26(31-30-25)29-21-9-18-14-32(15-19(18)10-21)13-16-5-7-33-8-6-16/h3-4,11-12,16-19,21H,1-2,5-10,13-15H2,(H,29,31)/t18-,19+,21?/i13D2. The number of rotatable bonds is 6. The van der Waals surface area contributed by atoms with E-state index >= 15 is 0 Å². The Hall–Kier alpha value is -2.12. The van der Waals surface area contributed by atoms with E-state index < -0.39 is 18.1 Å². The summed E-state index contributed by atoms with van der Waals surface area (Å²) in [4.78, 5) is 2.08. The molecule has 3 atom stereocenters. The van der Waals surface area contributed by atoms with Crippen molar-refractivity contribution in [2.24, 2.45) is 17.8 Å². The summed E-state index contributed by atoms with van der Waals surface area (Å²) in [5, 5.41) is 12.3. The predicted molar refractivity (Wildman–Crippen MR) is 123 cm³/mol. The Morgan fingerprint density at radius 2 is 1.79 bits per heavy atom. The van der Waals surface area contributed by atoms with E-state index in [4.69, 9.17) is 7.48 Å². The highest BCUT2D eigenvalue weighted by Crippen LogP contribution is 2.45. The minimum Gasteiger partial charge on any atom is -0.381 e. The number of nitrogens with zero attached hydrogens (tertiary/aromatic N) is 3. The maximum Gasteiger partial charge on any atom is 0.152 e. The Morgan fingerprint density at radius 3 is 2.52 bits per heavy atom. The van der Waals surface area contributed by atoms with Crippen LogP contribution in [0.5, 0.6) is 0 Å². The molecule has 0 spiro atoms. The SMILES string of the molecule is [2H]C([2H])(C1CCOCC1)N1C[C@H]2CC(Nc3nnc(-c4cc(F)ccc4F)cc3C3CC3)C[C@H]2C1. The van der Waals surface area contributed by atoms with Gasteiger partial charge in [-0.2, -0.15) is 0 Å². The summed E-state index contributed by atoms with van der Waals surface area (Å²) >= 11 is 0. The van der Waals surface area contributed by atoms with Gasteiger partial charge in [-0.15, -0.1) is 10.2 Å². The second-order valence-corrected chi connectivity index (χ2v) is 10.2. The van der Waals surface area contributed by atoms with Gasteiger partial charge in [0, 0.05) is 52.7 Å². The van der Waals surface area contributed by atoms with Gasteiger partial charge in [0.05, 0.1) is 5.69 Å². The van der Waals surface area contributed by atoms with Crippen molar-refractivity contribution in [3.8, 4) is 11.3 Å². The highest BCUT2D eigenvalue weighted by molar-refractivity contribution is 5.63. The lowest BCUT2D eigenvalue weighted by Gasteiger charge is -2.28. The lowest BCUT2D eigenvalue weighted by Crippen LogP contribution is -2.32. The van der Waals surface area contributed by atoms with Crippen molar-refractivity contribution in [2.75, 3.05) is 38.1 Å². The van der Waals surface area contributed by atoms with Crippen LogP contribution < -0.4 is 5.32 Å². The summed E-state index contributed by atoms with van der Waals surface area (Å²) in [5.74, 6) is 1.13. The smallest absolute Gasteiger partial charge is 0.152 e. The zero-order valence-corrected chi connectivity index (χ0v) is 18.8. The molecule has 1 unspecified atom stereocenters. The largest absolute Gasteiger partial charge is 0.381 e. The van der Waals surface area contributed by atoms with Crippen LogP contribution in [0.25, 0.3) is 11.3 Å². The first-order valence-electron chi connectivity index (χ1n) is 13.3. The Bertz CT molecular complexity index is 1080. The summed E-state index contributed by atoms with van der Waals surface area (Å²) in [6, 6.07) is 5.54. The fourth-order valence-electron chi connectivity index (χ4n) is 5.85. The number of fused-ring (bicyclic) bond motifs is 1. The van der Waals surface area contributed by atoms with Gasteiger partial charge in [-0.05, 0) is 86.5 Å². The van der Waals surface area contributed by atoms with Crippen molar-refractivity contribution in [2.45, 2.75) is 50.5 Å². The van der Waals surface area contributed by atoms with Gasteiger partial charge in [-0.25, -0.2) is 8.78 Å². The predicted octanol–water partition coefficient (Wildman–Crippen LogP) is 4.85. The van der Waals surface area contributed by atoms with E-state index in [9.17, 15) is 8.78 Å². The molecule has 0 amide bonds. The number of anilines is 1. The van der Waals surface area contributed by atoms with Gasteiger partial charge in [-0.3, -0.25) is 0 Å². The van der Waals surface area contributed by atoms with Crippen LogP contribution in [-0.2, 0) is 4.74 Å². The Balaban J connectivity index is 1.13. The van der Waals surface area contributed by atoms with E-state index in [1.54, 1.807) is 0 Å². The molecule has 2 saturated heterocycles. The van der Waals surface area contributed by atoms with E-state index in [0.717, 1.165) is 75.1 Å². The van der Waals surface area contributed by atoms with Crippen LogP contribution in [0, 0.1) is 29.4 Å². The molecule has 2 aliphatic carbocycles. The number of aromatic nitrogens is 2.